The third-order valence-corrected chi connectivity index (χ3v) is 4.53. The van der Waals surface area contributed by atoms with Crippen LogP contribution in [-0.4, -0.2) is 36.1 Å². The second-order valence-corrected chi connectivity index (χ2v) is 7.16. The number of benzene rings is 1. The molecule has 1 aromatic carbocycles. The van der Waals surface area contributed by atoms with Gasteiger partial charge in [-0.15, -0.1) is 0 Å². The minimum atomic E-state index is -0.546. The fourth-order valence-electron chi connectivity index (χ4n) is 2.41. The summed E-state index contributed by atoms with van der Waals surface area (Å²) in [6.07, 6.45) is 3.14. The molecular formula is C21H16Cl3FN2O4. The van der Waals surface area contributed by atoms with Gasteiger partial charge >= 0.3 is 11.9 Å². The highest BCUT2D eigenvalue weighted by Gasteiger charge is 2.14. The zero-order chi connectivity index (χ0) is 23.0. The van der Waals surface area contributed by atoms with Crippen LogP contribution in [0, 0.1) is 5.82 Å². The second-order valence-electron chi connectivity index (χ2n) is 5.93. The minimum absolute atomic E-state index is 0.0891. The van der Waals surface area contributed by atoms with Crippen molar-refractivity contribution in [1.29, 1.82) is 0 Å². The van der Waals surface area contributed by atoms with Gasteiger partial charge in [0, 0.05) is 18.8 Å². The summed E-state index contributed by atoms with van der Waals surface area (Å²) in [5.74, 6) is -1.39. The Labute approximate surface area is 192 Å². The number of methoxy groups -OCH3 is 2. The van der Waals surface area contributed by atoms with Crippen LogP contribution in [0.5, 0.6) is 0 Å². The predicted molar refractivity (Wildman–Crippen MR) is 115 cm³/mol. The molecular weight excluding hydrogens is 470 g/mol. The molecule has 0 aliphatic heterocycles. The van der Waals surface area contributed by atoms with Gasteiger partial charge in [-0.25, -0.2) is 19.0 Å². The molecule has 2 aromatic heterocycles. The van der Waals surface area contributed by atoms with Gasteiger partial charge in [-0.1, -0.05) is 46.9 Å². The summed E-state index contributed by atoms with van der Waals surface area (Å²) in [6.45, 7) is 0. The highest BCUT2D eigenvalue weighted by atomic mass is 35.5. The Bertz CT molecular complexity index is 1100. The Morgan fingerprint density at radius 1 is 0.903 bits per heavy atom. The minimum Gasteiger partial charge on any atom is -0.465 e. The van der Waals surface area contributed by atoms with E-state index in [1.54, 1.807) is 12.1 Å². The Morgan fingerprint density at radius 3 is 2.10 bits per heavy atom. The average Bonchev–Trinajstić information content (AvgIpc) is 2.76. The van der Waals surface area contributed by atoms with Crippen molar-refractivity contribution in [3.8, 4) is 0 Å². The summed E-state index contributed by atoms with van der Waals surface area (Å²) in [7, 11) is 2.55. The number of hydrogen-bond acceptors (Lipinski definition) is 6. The molecule has 3 aromatic rings. The average molecular weight is 486 g/mol. The molecule has 0 bridgehead atoms. The maximum absolute atomic E-state index is 13.1. The predicted octanol–water partition coefficient (Wildman–Crippen LogP) is 5.43. The van der Waals surface area contributed by atoms with E-state index in [2.05, 4.69) is 19.4 Å². The SMILES string of the molecule is COC(=O)c1cc(Cl)cnc1Cc1cccc(F)c1.COC(=O)c1cc(Cl)cnc1Cl. The molecule has 0 aliphatic rings. The van der Waals surface area contributed by atoms with Gasteiger partial charge in [-0.05, 0) is 29.8 Å². The lowest BCUT2D eigenvalue weighted by molar-refractivity contribution is 0.0590. The number of hydrogen-bond donors (Lipinski definition) is 0. The van der Waals surface area contributed by atoms with E-state index in [0.29, 0.717) is 27.7 Å². The lowest BCUT2D eigenvalue weighted by Gasteiger charge is -2.07. The molecule has 0 atom stereocenters. The summed E-state index contributed by atoms with van der Waals surface area (Å²) >= 11 is 17.0. The first-order valence-corrected chi connectivity index (χ1v) is 9.75. The third-order valence-electron chi connectivity index (χ3n) is 3.81. The van der Waals surface area contributed by atoms with Crippen LogP contribution in [-0.2, 0) is 15.9 Å². The van der Waals surface area contributed by atoms with Gasteiger partial charge in [-0.2, -0.15) is 0 Å². The summed E-state index contributed by atoms with van der Waals surface area (Å²) < 4.78 is 22.3. The highest BCUT2D eigenvalue weighted by molar-refractivity contribution is 6.34. The van der Waals surface area contributed by atoms with Gasteiger partial charge in [-0.3, -0.25) is 4.98 Å². The Balaban J connectivity index is 0.000000245. The molecule has 10 heteroatoms. The number of carbonyl (C=O) groups excluding carboxylic acids is 2. The molecule has 0 saturated carbocycles. The molecule has 2 heterocycles. The molecule has 3 rings (SSSR count). The lowest BCUT2D eigenvalue weighted by Crippen LogP contribution is -2.08. The van der Waals surface area contributed by atoms with Crippen LogP contribution in [0.3, 0.4) is 0 Å². The van der Waals surface area contributed by atoms with Gasteiger partial charge in [0.15, 0.2) is 0 Å². The van der Waals surface area contributed by atoms with Crippen LogP contribution in [0.25, 0.3) is 0 Å². The molecule has 0 radical (unpaired) electrons. The van der Waals surface area contributed by atoms with Gasteiger partial charge < -0.3 is 9.47 Å². The molecule has 0 unspecified atom stereocenters. The smallest absolute Gasteiger partial charge is 0.341 e. The number of nitrogens with zero attached hydrogens (tertiary/aromatic N) is 2. The number of carbonyl (C=O) groups is 2. The quantitative estimate of drug-likeness (QED) is 0.362. The first-order valence-electron chi connectivity index (χ1n) is 8.61. The monoisotopic (exact) mass is 484 g/mol. The summed E-state index contributed by atoms with van der Waals surface area (Å²) in [5, 5.41) is 0.787. The van der Waals surface area contributed by atoms with Crippen molar-refractivity contribution in [2.24, 2.45) is 0 Å². The largest absolute Gasteiger partial charge is 0.465 e. The third kappa shape index (κ3) is 7.17. The van der Waals surface area contributed by atoms with E-state index < -0.39 is 11.9 Å². The van der Waals surface area contributed by atoms with E-state index in [0.717, 1.165) is 5.56 Å². The van der Waals surface area contributed by atoms with Gasteiger partial charge in [0.05, 0.1) is 41.1 Å². The number of halogens is 4. The maximum Gasteiger partial charge on any atom is 0.341 e. The van der Waals surface area contributed by atoms with Crippen LogP contribution in [0.4, 0.5) is 4.39 Å². The molecule has 162 valence electrons. The van der Waals surface area contributed by atoms with Crippen molar-refractivity contribution in [2.75, 3.05) is 14.2 Å². The van der Waals surface area contributed by atoms with E-state index in [4.69, 9.17) is 34.8 Å². The zero-order valence-corrected chi connectivity index (χ0v) is 18.6. The molecule has 0 amide bonds. The fraction of sp³-hybridized carbons (Fsp3) is 0.143. The van der Waals surface area contributed by atoms with E-state index >= 15 is 0 Å². The fourth-order valence-corrected chi connectivity index (χ4v) is 2.91. The molecule has 0 fully saturated rings. The van der Waals surface area contributed by atoms with E-state index in [-0.39, 0.29) is 16.5 Å². The zero-order valence-electron chi connectivity index (χ0n) is 16.4. The highest BCUT2D eigenvalue weighted by Crippen LogP contribution is 2.19. The lowest BCUT2D eigenvalue weighted by atomic mass is 10.1. The summed E-state index contributed by atoms with van der Waals surface area (Å²) in [4.78, 5) is 30.4. The maximum atomic E-state index is 13.1. The van der Waals surface area contributed by atoms with Crippen molar-refractivity contribution in [3.05, 3.63) is 92.2 Å². The van der Waals surface area contributed by atoms with Crippen LogP contribution >= 0.6 is 34.8 Å². The first-order chi connectivity index (χ1) is 14.7. The summed E-state index contributed by atoms with van der Waals surface area (Å²) in [6, 6.07) is 9.04. The van der Waals surface area contributed by atoms with Crippen LogP contribution in [0.15, 0.2) is 48.8 Å². The van der Waals surface area contributed by atoms with Crippen LogP contribution in [0.2, 0.25) is 15.2 Å². The van der Waals surface area contributed by atoms with E-state index in [9.17, 15) is 14.0 Å². The number of aromatic nitrogens is 2. The number of rotatable bonds is 4. The number of esters is 2. The Morgan fingerprint density at radius 2 is 1.48 bits per heavy atom. The van der Waals surface area contributed by atoms with E-state index in [1.807, 2.05) is 0 Å². The number of pyridine rings is 2. The van der Waals surface area contributed by atoms with Crippen molar-refractivity contribution in [3.63, 3.8) is 0 Å². The van der Waals surface area contributed by atoms with Crippen molar-refractivity contribution >= 4 is 46.7 Å². The van der Waals surface area contributed by atoms with Crippen LogP contribution in [0.1, 0.15) is 32.0 Å². The van der Waals surface area contributed by atoms with Crippen molar-refractivity contribution in [2.45, 2.75) is 6.42 Å². The van der Waals surface area contributed by atoms with Gasteiger partial charge in [0.2, 0.25) is 0 Å². The molecule has 31 heavy (non-hydrogen) atoms. The van der Waals surface area contributed by atoms with E-state index in [1.165, 1.54) is 50.9 Å². The molecule has 0 N–H and O–H groups in total. The molecule has 0 aliphatic carbocycles. The topological polar surface area (TPSA) is 78.4 Å². The Kier molecular flexibility index (Phi) is 9.18. The van der Waals surface area contributed by atoms with Crippen molar-refractivity contribution < 1.29 is 23.5 Å². The summed E-state index contributed by atoms with van der Waals surface area (Å²) in [5.41, 5.74) is 1.69. The standard InChI is InChI=1S/C14H11ClFNO2.C7H5Cl2NO2/c1-19-14(18)12-7-10(15)8-17-13(12)6-9-3-2-4-11(16)5-9;1-12-7(11)5-2-4(8)3-10-6(5)9/h2-5,7-8H,6H2,1H3;2-3H,1H3. The van der Waals surface area contributed by atoms with Gasteiger partial charge in [0.1, 0.15) is 11.0 Å². The first kappa shape index (κ1) is 24.5. The molecule has 0 saturated heterocycles. The number of ether oxygens (including phenoxy) is 2. The molecule has 0 spiro atoms. The van der Waals surface area contributed by atoms with Gasteiger partial charge in [0.25, 0.3) is 0 Å². The second kappa shape index (κ2) is 11.6. The normalized spacial score (nSPS) is 10.0. The van der Waals surface area contributed by atoms with Crippen LogP contribution < -0.4 is 0 Å². The van der Waals surface area contributed by atoms with Crippen molar-refractivity contribution in [1.82, 2.24) is 9.97 Å². The Hall–Kier alpha value is -2.74. The molecule has 6 nitrogen and oxygen atoms in total.